The Morgan fingerprint density at radius 3 is 1.79 bits per heavy atom. The van der Waals surface area contributed by atoms with Gasteiger partial charge in [-0.05, 0) is 47.3 Å². The molecule has 0 aliphatic rings. The molecule has 1 nitrogen and oxygen atoms in total. The van der Waals surface area contributed by atoms with E-state index in [9.17, 15) is 0 Å². The quantitative estimate of drug-likeness (QED) is 0.569. The molecule has 0 fully saturated rings. The van der Waals surface area contributed by atoms with E-state index < -0.39 is 8.32 Å². The molecule has 0 aliphatic heterocycles. The first-order valence-electron chi connectivity index (χ1n) is 7.17. The van der Waals surface area contributed by atoms with Crippen molar-refractivity contribution < 1.29 is 4.43 Å². The molecule has 0 radical (unpaired) electrons. The Morgan fingerprint density at radius 2 is 1.42 bits per heavy atom. The van der Waals surface area contributed by atoms with Gasteiger partial charge in [-0.3, -0.25) is 0 Å². The lowest BCUT2D eigenvalue weighted by Gasteiger charge is -2.42. The van der Waals surface area contributed by atoms with E-state index in [1.807, 2.05) is 0 Å². The molecule has 0 heterocycles. The molecule has 3 heteroatoms. The van der Waals surface area contributed by atoms with E-state index in [-0.39, 0.29) is 0 Å². The second kappa shape index (κ2) is 6.44. The van der Waals surface area contributed by atoms with Gasteiger partial charge in [-0.15, -0.1) is 0 Å². The monoisotopic (exact) mass is 342 g/mol. The molecule has 0 unspecified atom stereocenters. The summed E-state index contributed by atoms with van der Waals surface area (Å²) in [6.45, 7) is 16.0. The minimum atomic E-state index is -1.82. The van der Waals surface area contributed by atoms with Crippen LogP contribution in [0.4, 0.5) is 0 Å². The maximum Gasteiger partial charge on any atom is 0.258 e. The van der Waals surface area contributed by atoms with Gasteiger partial charge in [0, 0.05) is 4.47 Å². The molecule has 1 aromatic rings. The number of halogens is 1. The van der Waals surface area contributed by atoms with Crippen molar-refractivity contribution in [1.29, 1.82) is 0 Å². The molecular weight excluding hydrogens is 316 g/mol. The Hall–Kier alpha value is -0.283. The fourth-order valence-corrected chi connectivity index (χ4v) is 8.73. The summed E-state index contributed by atoms with van der Waals surface area (Å²) in [5.74, 6) is 1.03. The first kappa shape index (κ1) is 16.8. The van der Waals surface area contributed by atoms with E-state index in [0.717, 1.165) is 10.2 Å². The van der Waals surface area contributed by atoms with E-state index in [2.05, 4.69) is 82.6 Å². The molecule has 0 aromatic heterocycles. The summed E-state index contributed by atoms with van der Waals surface area (Å²) in [6.07, 6.45) is 0. The molecule has 19 heavy (non-hydrogen) atoms. The zero-order chi connectivity index (χ0) is 14.8. The predicted octanol–water partition coefficient (Wildman–Crippen LogP) is 6.31. The molecule has 0 amide bonds. The van der Waals surface area contributed by atoms with Gasteiger partial charge in [0.05, 0.1) is 0 Å². The standard InChI is InChI=1S/C16H27BrOSi/c1-11(2)19(12(3)4,13(5)6)18-15-8-9-16(17)14(7)10-15/h8-13H,1-7H3. The molecule has 0 saturated carbocycles. The molecular formula is C16H27BrOSi. The van der Waals surface area contributed by atoms with Gasteiger partial charge >= 0.3 is 0 Å². The van der Waals surface area contributed by atoms with Gasteiger partial charge < -0.3 is 4.43 Å². The minimum absolute atomic E-state index is 0.608. The molecule has 0 bridgehead atoms. The van der Waals surface area contributed by atoms with Crippen LogP contribution in [0.2, 0.25) is 16.6 Å². The molecule has 0 atom stereocenters. The van der Waals surface area contributed by atoms with Crippen LogP contribution in [0.15, 0.2) is 22.7 Å². The lowest BCUT2D eigenvalue weighted by molar-refractivity contribution is 0.479. The van der Waals surface area contributed by atoms with Crippen LogP contribution in [0.5, 0.6) is 5.75 Å². The smallest absolute Gasteiger partial charge is 0.258 e. The highest BCUT2D eigenvalue weighted by Crippen LogP contribution is 2.43. The summed E-state index contributed by atoms with van der Waals surface area (Å²) in [6, 6.07) is 6.33. The number of rotatable bonds is 5. The summed E-state index contributed by atoms with van der Waals surface area (Å²) >= 11 is 3.55. The van der Waals surface area contributed by atoms with Crippen LogP contribution in [0.1, 0.15) is 47.1 Å². The van der Waals surface area contributed by atoms with Crippen LogP contribution in [0, 0.1) is 6.92 Å². The largest absolute Gasteiger partial charge is 0.543 e. The second-order valence-electron chi connectivity index (χ2n) is 6.33. The normalized spacial score (nSPS) is 12.6. The van der Waals surface area contributed by atoms with Crippen LogP contribution in [0.3, 0.4) is 0 Å². The van der Waals surface area contributed by atoms with Crippen molar-refractivity contribution in [1.82, 2.24) is 0 Å². The molecule has 108 valence electrons. The third kappa shape index (κ3) is 3.43. The van der Waals surface area contributed by atoms with Crippen molar-refractivity contribution in [2.45, 2.75) is 65.1 Å². The highest BCUT2D eigenvalue weighted by Gasteiger charge is 2.46. The third-order valence-electron chi connectivity index (χ3n) is 4.13. The van der Waals surface area contributed by atoms with Gasteiger partial charge in [-0.25, -0.2) is 0 Å². The van der Waals surface area contributed by atoms with Crippen LogP contribution in [-0.2, 0) is 0 Å². The number of aryl methyl sites for hydroxylation is 1. The highest BCUT2D eigenvalue weighted by atomic mass is 79.9. The van der Waals surface area contributed by atoms with E-state index in [1.165, 1.54) is 5.56 Å². The molecule has 0 spiro atoms. The van der Waals surface area contributed by atoms with Gasteiger partial charge in [0.2, 0.25) is 0 Å². The molecule has 1 rings (SSSR count). The average Bonchev–Trinajstić information content (AvgIpc) is 2.29. The molecule has 1 aromatic carbocycles. The number of hydrogen-bond donors (Lipinski definition) is 0. The Kier molecular flexibility index (Phi) is 5.69. The Morgan fingerprint density at radius 1 is 0.947 bits per heavy atom. The lowest BCUT2D eigenvalue weighted by Crippen LogP contribution is -2.50. The maximum atomic E-state index is 6.64. The topological polar surface area (TPSA) is 9.23 Å². The van der Waals surface area contributed by atoms with Crippen molar-refractivity contribution >= 4 is 24.2 Å². The summed E-state index contributed by atoms with van der Waals surface area (Å²) < 4.78 is 7.78. The summed E-state index contributed by atoms with van der Waals surface area (Å²) in [5.41, 5.74) is 3.06. The summed E-state index contributed by atoms with van der Waals surface area (Å²) in [4.78, 5) is 0. The number of hydrogen-bond acceptors (Lipinski definition) is 1. The van der Waals surface area contributed by atoms with Crippen LogP contribution >= 0.6 is 15.9 Å². The van der Waals surface area contributed by atoms with Crippen LogP contribution in [0.25, 0.3) is 0 Å². The van der Waals surface area contributed by atoms with Gasteiger partial charge in [-0.1, -0.05) is 57.5 Å². The zero-order valence-electron chi connectivity index (χ0n) is 13.3. The van der Waals surface area contributed by atoms with Crippen molar-refractivity contribution in [3.63, 3.8) is 0 Å². The van der Waals surface area contributed by atoms with Crippen LogP contribution < -0.4 is 4.43 Å². The van der Waals surface area contributed by atoms with E-state index in [4.69, 9.17) is 4.43 Å². The SMILES string of the molecule is Cc1cc(O[Si](C(C)C)(C(C)C)C(C)C)ccc1Br. The van der Waals surface area contributed by atoms with E-state index >= 15 is 0 Å². The number of benzene rings is 1. The average molecular weight is 343 g/mol. The zero-order valence-corrected chi connectivity index (χ0v) is 15.8. The van der Waals surface area contributed by atoms with Crippen molar-refractivity contribution in [2.75, 3.05) is 0 Å². The van der Waals surface area contributed by atoms with Gasteiger partial charge in [0.15, 0.2) is 0 Å². The van der Waals surface area contributed by atoms with Gasteiger partial charge in [-0.2, -0.15) is 0 Å². The van der Waals surface area contributed by atoms with Crippen LogP contribution in [-0.4, -0.2) is 8.32 Å². The van der Waals surface area contributed by atoms with E-state index in [1.54, 1.807) is 0 Å². The first-order chi connectivity index (χ1) is 8.71. The molecule has 0 aliphatic carbocycles. The third-order valence-corrected chi connectivity index (χ3v) is 11.0. The fourth-order valence-electron chi connectivity index (χ4n) is 3.24. The second-order valence-corrected chi connectivity index (χ2v) is 12.6. The van der Waals surface area contributed by atoms with Gasteiger partial charge in [0.1, 0.15) is 5.75 Å². The maximum absolute atomic E-state index is 6.64. The van der Waals surface area contributed by atoms with Crippen molar-refractivity contribution in [3.05, 3.63) is 28.2 Å². The Bertz CT molecular complexity index is 405. The minimum Gasteiger partial charge on any atom is -0.543 e. The fraction of sp³-hybridized carbons (Fsp3) is 0.625. The molecule has 0 saturated heterocycles. The Balaban J connectivity index is 3.17. The van der Waals surface area contributed by atoms with Crippen molar-refractivity contribution in [2.24, 2.45) is 0 Å². The first-order valence-corrected chi connectivity index (χ1v) is 10.1. The lowest BCUT2D eigenvalue weighted by atomic mass is 10.2. The summed E-state index contributed by atoms with van der Waals surface area (Å²) in [5, 5.41) is 0. The van der Waals surface area contributed by atoms with Gasteiger partial charge in [0.25, 0.3) is 8.32 Å². The highest BCUT2D eigenvalue weighted by molar-refractivity contribution is 9.10. The van der Waals surface area contributed by atoms with Crippen molar-refractivity contribution in [3.8, 4) is 5.75 Å². The Labute approximate surface area is 128 Å². The van der Waals surface area contributed by atoms with E-state index in [0.29, 0.717) is 16.6 Å². The molecule has 0 N–H and O–H groups in total. The predicted molar refractivity (Wildman–Crippen MR) is 90.6 cm³/mol. The summed E-state index contributed by atoms with van der Waals surface area (Å²) in [7, 11) is -1.82.